The van der Waals surface area contributed by atoms with E-state index in [0.717, 1.165) is 5.92 Å². The van der Waals surface area contributed by atoms with Crippen molar-refractivity contribution in [1.29, 1.82) is 0 Å². The molecule has 2 nitrogen and oxygen atoms in total. The van der Waals surface area contributed by atoms with Crippen molar-refractivity contribution >= 4 is 6.21 Å². The van der Waals surface area contributed by atoms with E-state index in [1.165, 1.54) is 36.8 Å². The summed E-state index contributed by atoms with van der Waals surface area (Å²) in [6.07, 6.45) is 7.40. The van der Waals surface area contributed by atoms with Gasteiger partial charge < -0.3 is 5.43 Å². The highest BCUT2D eigenvalue weighted by molar-refractivity contribution is 5.82. The lowest BCUT2D eigenvalue weighted by molar-refractivity contribution is 0.372. The number of fused-ring (bicyclic) bond motifs is 1. The number of nitrogens with one attached hydrogen (secondary N) is 1. The van der Waals surface area contributed by atoms with Crippen molar-refractivity contribution in [2.75, 3.05) is 0 Å². The number of benzene rings is 1. The van der Waals surface area contributed by atoms with Crippen LogP contribution in [-0.4, -0.2) is 6.21 Å². The summed E-state index contributed by atoms with van der Waals surface area (Å²) in [4.78, 5) is 0. The van der Waals surface area contributed by atoms with E-state index < -0.39 is 0 Å². The molecule has 1 aromatic carbocycles. The second-order valence-electron chi connectivity index (χ2n) is 4.54. The number of nitrogens with zero attached hydrogens (tertiary/aromatic N) is 1. The van der Waals surface area contributed by atoms with E-state index in [1.54, 1.807) is 0 Å². The van der Waals surface area contributed by atoms with Gasteiger partial charge in [-0.1, -0.05) is 37.1 Å². The van der Waals surface area contributed by atoms with Crippen molar-refractivity contribution in [2.45, 2.75) is 31.7 Å². The van der Waals surface area contributed by atoms with Gasteiger partial charge in [0.15, 0.2) is 0 Å². The summed E-state index contributed by atoms with van der Waals surface area (Å²) in [5, 5.41) is 4.27. The minimum Gasteiger partial charge on any atom is -0.302 e. The van der Waals surface area contributed by atoms with Crippen LogP contribution in [0.25, 0.3) is 0 Å². The third-order valence-corrected chi connectivity index (χ3v) is 3.62. The first kappa shape index (κ1) is 8.96. The fourth-order valence-corrected chi connectivity index (χ4v) is 2.82. The first-order valence-electron chi connectivity index (χ1n) is 5.83. The Hall–Kier alpha value is -1.31. The van der Waals surface area contributed by atoms with Crippen molar-refractivity contribution < 1.29 is 0 Å². The number of hydrazone groups is 1. The van der Waals surface area contributed by atoms with Crippen molar-refractivity contribution in [3.8, 4) is 0 Å². The number of hydrogen-bond donors (Lipinski definition) is 1. The molecule has 1 unspecified atom stereocenters. The molecule has 3 rings (SSSR count). The summed E-state index contributed by atoms with van der Waals surface area (Å²) in [5.74, 6) is 0.781. The monoisotopic (exact) mass is 200 g/mol. The SMILES string of the molecule is C1=NNC(C2CCCC2)c2ccccc21. The van der Waals surface area contributed by atoms with E-state index in [9.17, 15) is 0 Å². The summed E-state index contributed by atoms with van der Waals surface area (Å²) < 4.78 is 0. The van der Waals surface area contributed by atoms with Crippen LogP contribution >= 0.6 is 0 Å². The summed E-state index contributed by atoms with van der Waals surface area (Å²) in [6, 6.07) is 9.05. The molecule has 0 spiro atoms. The molecular formula is C13H16N2. The highest BCUT2D eigenvalue weighted by Gasteiger charge is 2.28. The molecule has 1 atom stereocenters. The molecule has 0 amide bonds. The lowest BCUT2D eigenvalue weighted by Gasteiger charge is -2.27. The zero-order valence-corrected chi connectivity index (χ0v) is 8.82. The predicted molar refractivity (Wildman–Crippen MR) is 61.9 cm³/mol. The fraction of sp³-hybridized carbons (Fsp3) is 0.462. The Morgan fingerprint density at radius 3 is 2.80 bits per heavy atom. The lowest BCUT2D eigenvalue weighted by Crippen LogP contribution is -2.27. The van der Waals surface area contributed by atoms with E-state index >= 15 is 0 Å². The zero-order chi connectivity index (χ0) is 10.1. The van der Waals surface area contributed by atoms with Gasteiger partial charge in [0.05, 0.1) is 12.3 Å². The summed E-state index contributed by atoms with van der Waals surface area (Å²) >= 11 is 0. The van der Waals surface area contributed by atoms with Gasteiger partial charge in [0.25, 0.3) is 0 Å². The molecule has 1 heterocycles. The normalized spacial score (nSPS) is 24.9. The van der Waals surface area contributed by atoms with E-state index in [0.29, 0.717) is 6.04 Å². The van der Waals surface area contributed by atoms with Crippen molar-refractivity contribution in [3.63, 3.8) is 0 Å². The Balaban J connectivity index is 1.94. The Morgan fingerprint density at radius 1 is 1.13 bits per heavy atom. The molecule has 0 saturated heterocycles. The van der Waals surface area contributed by atoms with E-state index in [2.05, 4.69) is 34.8 Å². The largest absolute Gasteiger partial charge is 0.302 e. The fourth-order valence-electron chi connectivity index (χ4n) is 2.82. The maximum Gasteiger partial charge on any atom is 0.0723 e. The number of hydrogen-bond acceptors (Lipinski definition) is 2. The van der Waals surface area contributed by atoms with Gasteiger partial charge in [-0.25, -0.2) is 0 Å². The predicted octanol–water partition coefficient (Wildman–Crippen LogP) is 2.86. The Kier molecular flexibility index (Phi) is 2.20. The quantitative estimate of drug-likeness (QED) is 0.740. The van der Waals surface area contributed by atoms with Crippen LogP contribution in [-0.2, 0) is 0 Å². The smallest absolute Gasteiger partial charge is 0.0723 e. The molecule has 2 aliphatic rings. The molecule has 0 bridgehead atoms. The third-order valence-electron chi connectivity index (χ3n) is 3.62. The van der Waals surface area contributed by atoms with E-state index in [1.807, 2.05) is 6.21 Å². The minimum absolute atomic E-state index is 0.452. The lowest BCUT2D eigenvalue weighted by atomic mass is 9.89. The second kappa shape index (κ2) is 3.69. The zero-order valence-electron chi connectivity index (χ0n) is 8.82. The van der Waals surface area contributed by atoms with Crippen molar-refractivity contribution in [2.24, 2.45) is 11.0 Å². The van der Waals surface area contributed by atoms with Gasteiger partial charge in [-0.3, -0.25) is 0 Å². The summed E-state index contributed by atoms with van der Waals surface area (Å²) in [7, 11) is 0. The molecule has 1 fully saturated rings. The molecule has 1 aliphatic carbocycles. The first-order valence-corrected chi connectivity index (χ1v) is 5.83. The molecule has 0 radical (unpaired) electrons. The van der Waals surface area contributed by atoms with Crippen LogP contribution in [0.1, 0.15) is 42.9 Å². The van der Waals surface area contributed by atoms with Crippen LogP contribution in [0.3, 0.4) is 0 Å². The average molecular weight is 200 g/mol. The summed E-state index contributed by atoms with van der Waals surface area (Å²) in [5.41, 5.74) is 6.00. The topological polar surface area (TPSA) is 24.4 Å². The molecule has 1 aromatic rings. The molecule has 78 valence electrons. The molecule has 1 aliphatic heterocycles. The van der Waals surface area contributed by atoms with Gasteiger partial charge in [0, 0.05) is 0 Å². The third kappa shape index (κ3) is 1.54. The van der Waals surface area contributed by atoms with E-state index in [4.69, 9.17) is 0 Å². The van der Waals surface area contributed by atoms with Crippen molar-refractivity contribution in [3.05, 3.63) is 35.4 Å². The number of rotatable bonds is 1. The maximum atomic E-state index is 4.27. The van der Waals surface area contributed by atoms with Crippen LogP contribution in [0.2, 0.25) is 0 Å². The Bertz CT molecular complexity index is 378. The van der Waals surface area contributed by atoms with Gasteiger partial charge >= 0.3 is 0 Å². The maximum absolute atomic E-state index is 4.27. The van der Waals surface area contributed by atoms with Gasteiger partial charge in [-0.2, -0.15) is 5.10 Å². The molecular weight excluding hydrogens is 184 g/mol. The van der Waals surface area contributed by atoms with Crippen LogP contribution in [0.4, 0.5) is 0 Å². The van der Waals surface area contributed by atoms with Gasteiger partial charge in [0.1, 0.15) is 0 Å². The average Bonchev–Trinajstić information content (AvgIpc) is 2.82. The van der Waals surface area contributed by atoms with Crippen LogP contribution in [0.5, 0.6) is 0 Å². The molecule has 15 heavy (non-hydrogen) atoms. The molecule has 0 aromatic heterocycles. The minimum atomic E-state index is 0.452. The highest BCUT2D eigenvalue weighted by Crippen LogP contribution is 2.37. The molecule has 1 N–H and O–H groups in total. The van der Waals surface area contributed by atoms with Crippen LogP contribution < -0.4 is 5.43 Å². The summed E-state index contributed by atoms with van der Waals surface area (Å²) in [6.45, 7) is 0. The highest BCUT2D eigenvalue weighted by atomic mass is 15.3. The van der Waals surface area contributed by atoms with Gasteiger partial charge in [-0.15, -0.1) is 0 Å². The molecule has 1 saturated carbocycles. The standard InChI is InChI=1S/C13H16N2/c1-2-6-10(5-1)13-12-8-4-3-7-11(12)9-14-15-13/h3-4,7-10,13,15H,1-2,5-6H2. The van der Waals surface area contributed by atoms with Crippen LogP contribution in [0, 0.1) is 5.92 Å². The first-order chi connectivity index (χ1) is 7.45. The Morgan fingerprint density at radius 2 is 1.93 bits per heavy atom. The van der Waals surface area contributed by atoms with E-state index in [-0.39, 0.29) is 0 Å². The second-order valence-corrected chi connectivity index (χ2v) is 4.54. The van der Waals surface area contributed by atoms with Crippen LogP contribution in [0.15, 0.2) is 29.4 Å². The Labute approximate surface area is 90.4 Å². The van der Waals surface area contributed by atoms with Gasteiger partial charge in [-0.05, 0) is 29.9 Å². The van der Waals surface area contributed by atoms with Crippen molar-refractivity contribution in [1.82, 2.24) is 5.43 Å². The molecule has 2 heteroatoms. The van der Waals surface area contributed by atoms with Gasteiger partial charge in [0.2, 0.25) is 0 Å².